The van der Waals surface area contributed by atoms with Gasteiger partial charge in [0.1, 0.15) is 5.60 Å². The Balaban J connectivity index is 2.77. The normalized spacial score (nSPS) is 34.2. The molecule has 1 nitrogen and oxygen atoms in total. The van der Waals surface area contributed by atoms with Crippen molar-refractivity contribution in [1.29, 1.82) is 0 Å². The van der Waals surface area contributed by atoms with E-state index in [1.807, 2.05) is 0 Å². The Morgan fingerprint density at radius 1 is 1.17 bits per heavy atom. The molecule has 0 aliphatic heterocycles. The molecule has 0 saturated carbocycles. The molecule has 0 radical (unpaired) electrons. The molecular formula is C7H8F4O. The molecule has 0 fully saturated rings. The molecule has 70 valence electrons. The fourth-order valence-corrected chi connectivity index (χ4v) is 0.982. The van der Waals surface area contributed by atoms with Crippen molar-refractivity contribution in [3.05, 3.63) is 12.2 Å². The molecule has 12 heavy (non-hydrogen) atoms. The van der Waals surface area contributed by atoms with Crippen molar-refractivity contribution >= 4 is 0 Å². The molecule has 0 amide bonds. The third-order valence-corrected chi connectivity index (χ3v) is 1.85. The summed E-state index contributed by atoms with van der Waals surface area (Å²) < 4.78 is 48.8. The molecule has 1 unspecified atom stereocenters. The summed E-state index contributed by atoms with van der Waals surface area (Å²) in [6.45, 7) is 0. The monoisotopic (exact) mass is 184 g/mol. The molecule has 0 aromatic rings. The van der Waals surface area contributed by atoms with Crippen molar-refractivity contribution in [2.45, 2.75) is 30.8 Å². The summed E-state index contributed by atoms with van der Waals surface area (Å²) in [6, 6.07) is 0. The van der Waals surface area contributed by atoms with Crippen LogP contribution >= 0.6 is 0 Å². The highest BCUT2D eigenvalue weighted by Gasteiger charge is 2.43. The molecule has 0 aromatic heterocycles. The second-order valence-electron chi connectivity index (χ2n) is 2.89. The van der Waals surface area contributed by atoms with E-state index in [9.17, 15) is 17.6 Å². The summed E-state index contributed by atoms with van der Waals surface area (Å²) >= 11 is 0. The lowest BCUT2D eigenvalue weighted by Crippen LogP contribution is -2.40. The van der Waals surface area contributed by atoms with Gasteiger partial charge in [-0.05, 0) is 18.6 Å². The number of hydrogen-bond acceptors (Lipinski definition) is 1. The predicted molar refractivity (Wildman–Crippen MR) is 34.3 cm³/mol. The van der Waals surface area contributed by atoms with Gasteiger partial charge in [0, 0.05) is 6.42 Å². The summed E-state index contributed by atoms with van der Waals surface area (Å²) in [7, 11) is 0. The van der Waals surface area contributed by atoms with Gasteiger partial charge in [0.15, 0.2) is 0 Å². The van der Waals surface area contributed by atoms with Gasteiger partial charge in [0.25, 0.3) is 12.3 Å². The van der Waals surface area contributed by atoms with E-state index in [0.29, 0.717) is 12.2 Å². The van der Waals surface area contributed by atoms with Gasteiger partial charge in [-0.25, -0.2) is 17.6 Å². The predicted octanol–water partition coefficient (Wildman–Crippen LogP) is 1.97. The van der Waals surface area contributed by atoms with Gasteiger partial charge in [0.05, 0.1) is 0 Å². The Bertz CT molecular complexity index is 202. The first-order valence-corrected chi connectivity index (χ1v) is 3.44. The SMILES string of the molecule is OC1(C(F)F)C=CC(F)(F)CC1. The van der Waals surface area contributed by atoms with Crippen LogP contribution < -0.4 is 0 Å². The minimum absolute atomic E-state index is 0.336. The van der Waals surface area contributed by atoms with Crippen LogP contribution in [0.15, 0.2) is 12.2 Å². The van der Waals surface area contributed by atoms with Gasteiger partial charge in [-0.3, -0.25) is 0 Å². The molecule has 0 bridgehead atoms. The number of allylic oxidation sites excluding steroid dienone is 1. The zero-order valence-electron chi connectivity index (χ0n) is 6.11. The van der Waals surface area contributed by atoms with Gasteiger partial charge < -0.3 is 5.11 Å². The van der Waals surface area contributed by atoms with Crippen LogP contribution in [-0.2, 0) is 0 Å². The number of hydrogen-bond donors (Lipinski definition) is 1. The highest BCUT2D eigenvalue weighted by Crippen LogP contribution is 2.35. The van der Waals surface area contributed by atoms with Crippen molar-refractivity contribution in [1.82, 2.24) is 0 Å². The van der Waals surface area contributed by atoms with Gasteiger partial charge in [-0.1, -0.05) is 0 Å². The van der Waals surface area contributed by atoms with Crippen molar-refractivity contribution in [2.75, 3.05) is 0 Å². The van der Waals surface area contributed by atoms with Crippen LogP contribution in [0.5, 0.6) is 0 Å². The van der Waals surface area contributed by atoms with Crippen molar-refractivity contribution in [3.63, 3.8) is 0 Å². The molecule has 0 saturated heterocycles. The van der Waals surface area contributed by atoms with E-state index in [1.165, 1.54) is 0 Å². The Morgan fingerprint density at radius 2 is 1.75 bits per heavy atom. The van der Waals surface area contributed by atoms with E-state index < -0.39 is 30.8 Å². The Kier molecular flexibility index (Phi) is 2.16. The maximum absolute atomic E-state index is 12.4. The zero-order valence-corrected chi connectivity index (χ0v) is 6.11. The molecule has 1 rings (SSSR count). The summed E-state index contributed by atoms with van der Waals surface area (Å²) in [5.41, 5.74) is -2.36. The number of aliphatic hydroxyl groups is 1. The standard InChI is InChI=1S/C7H8F4O/c8-5(9)6(12)1-3-7(10,11)4-2-6/h1,3,5,12H,2,4H2. The highest BCUT2D eigenvalue weighted by molar-refractivity contribution is 5.12. The topological polar surface area (TPSA) is 20.2 Å². The average Bonchev–Trinajstić information content (AvgIpc) is 1.96. The third-order valence-electron chi connectivity index (χ3n) is 1.85. The van der Waals surface area contributed by atoms with E-state index in [4.69, 9.17) is 5.11 Å². The summed E-state index contributed by atoms with van der Waals surface area (Å²) in [5, 5.41) is 9.01. The summed E-state index contributed by atoms with van der Waals surface area (Å²) in [5.74, 6) is -3.05. The van der Waals surface area contributed by atoms with E-state index in [2.05, 4.69) is 0 Å². The number of rotatable bonds is 1. The maximum atomic E-state index is 12.4. The lowest BCUT2D eigenvalue weighted by molar-refractivity contribution is -0.0916. The zero-order chi connectivity index (χ0) is 9.41. The van der Waals surface area contributed by atoms with Crippen LogP contribution in [0.1, 0.15) is 12.8 Å². The summed E-state index contributed by atoms with van der Waals surface area (Å²) in [6.07, 6.45) is -3.52. The van der Waals surface area contributed by atoms with Gasteiger partial charge in [-0.2, -0.15) is 0 Å². The fourth-order valence-electron chi connectivity index (χ4n) is 0.982. The second-order valence-corrected chi connectivity index (χ2v) is 2.89. The van der Waals surface area contributed by atoms with E-state index in [1.54, 1.807) is 0 Å². The Labute approximate surface area is 66.7 Å². The maximum Gasteiger partial charge on any atom is 0.270 e. The van der Waals surface area contributed by atoms with Crippen LogP contribution in [-0.4, -0.2) is 23.1 Å². The van der Waals surface area contributed by atoms with Crippen LogP contribution in [0.2, 0.25) is 0 Å². The quantitative estimate of drug-likeness (QED) is 0.488. The average molecular weight is 184 g/mol. The lowest BCUT2D eigenvalue weighted by atomic mass is 9.90. The molecule has 0 spiro atoms. The van der Waals surface area contributed by atoms with E-state index >= 15 is 0 Å². The molecule has 0 heterocycles. The Morgan fingerprint density at radius 3 is 2.08 bits per heavy atom. The Hall–Kier alpha value is -0.580. The molecule has 5 heteroatoms. The minimum Gasteiger partial charge on any atom is -0.380 e. The van der Waals surface area contributed by atoms with Crippen LogP contribution in [0.3, 0.4) is 0 Å². The minimum atomic E-state index is -3.05. The van der Waals surface area contributed by atoms with E-state index in [0.717, 1.165) is 0 Å². The first-order valence-electron chi connectivity index (χ1n) is 3.44. The molecule has 1 atom stereocenters. The fraction of sp³-hybridized carbons (Fsp3) is 0.714. The lowest BCUT2D eigenvalue weighted by Gasteiger charge is -2.29. The van der Waals surface area contributed by atoms with Crippen molar-refractivity contribution < 1.29 is 22.7 Å². The van der Waals surface area contributed by atoms with Crippen LogP contribution in [0.25, 0.3) is 0 Å². The molecule has 1 N–H and O–H groups in total. The van der Waals surface area contributed by atoms with Gasteiger partial charge >= 0.3 is 0 Å². The van der Waals surface area contributed by atoms with Gasteiger partial charge in [0.2, 0.25) is 0 Å². The van der Waals surface area contributed by atoms with Gasteiger partial charge in [-0.15, -0.1) is 0 Å². The first-order chi connectivity index (χ1) is 5.36. The second kappa shape index (κ2) is 2.73. The number of alkyl halides is 4. The van der Waals surface area contributed by atoms with Crippen molar-refractivity contribution in [2.24, 2.45) is 0 Å². The highest BCUT2D eigenvalue weighted by atomic mass is 19.3. The molecule has 1 aliphatic carbocycles. The smallest absolute Gasteiger partial charge is 0.270 e. The first kappa shape index (κ1) is 9.51. The molecule has 0 aromatic carbocycles. The van der Waals surface area contributed by atoms with Crippen LogP contribution in [0.4, 0.5) is 17.6 Å². The third kappa shape index (κ3) is 1.77. The molecule has 1 aliphatic rings. The largest absolute Gasteiger partial charge is 0.380 e. The number of halogens is 4. The van der Waals surface area contributed by atoms with Crippen LogP contribution in [0, 0.1) is 0 Å². The molecular weight excluding hydrogens is 176 g/mol. The van der Waals surface area contributed by atoms with Crippen molar-refractivity contribution in [3.8, 4) is 0 Å². The summed E-state index contributed by atoms with van der Waals surface area (Å²) in [4.78, 5) is 0. The van der Waals surface area contributed by atoms with E-state index in [-0.39, 0.29) is 0 Å².